The van der Waals surface area contributed by atoms with Gasteiger partial charge in [-0.25, -0.2) is 4.98 Å². The van der Waals surface area contributed by atoms with Gasteiger partial charge >= 0.3 is 0 Å². The lowest BCUT2D eigenvalue weighted by Gasteiger charge is -2.00. The number of aromatic nitrogens is 1. The Labute approximate surface area is 78.3 Å². The number of rotatable bonds is 2. The summed E-state index contributed by atoms with van der Waals surface area (Å²) in [6.07, 6.45) is 0.529. The largest absolute Gasteiger partial charge is 0.396 e. The topological polar surface area (TPSA) is 33.1 Å². The summed E-state index contributed by atoms with van der Waals surface area (Å²) in [6.45, 7) is 0.0892. The van der Waals surface area contributed by atoms with Crippen molar-refractivity contribution in [3.05, 3.63) is 27.5 Å². The average Bonchev–Trinajstić information content (AvgIpc) is 1.98. The van der Waals surface area contributed by atoms with E-state index in [9.17, 15) is 0 Å². The van der Waals surface area contributed by atoms with Crippen LogP contribution in [-0.4, -0.2) is 16.7 Å². The van der Waals surface area contributed by atoms with Crippen LogP contribution in [0.2, 0.25) is 5.15 Å². The maximum absolute atomic E-state index is 8.63. The fourth-order valence-corrected chi connectivity index (χ4v) is 1.32. The van der Waals surface area contributed by atoms with Crippen molar-refractivity contribution in [1.82, 2.24) is 4.98 Å². The van der Waals surface area contributed by atoms with Gasteiger partial charge in [0, 0.05) is 17.5 Å². The number of halogens is 2. The van der Waals surface area contributed by atoms with Crippen molar-refractivity contribution in [2.24, 2.45) is 0 Å². The summed E-state index contributed by atoms with van der Waals surface area (Å²) in [6, 6.07) is 3.52. The molecular formula is C7H7BrClNO. The van der Waals surface area contributed by atoms with Crippen LogP contribution >= 0.6 is 27.5 Å². The Kier molecular flexibility index (Phi) is 3.30. The van der Waals surface area contributed by atoms with Gasteiger partial charge in [-0.15, -0.1) is 0 Å². The van der Waals surface area contributed by atoms with Gasteiger partial charge in [0.25, 0.3) is 0 Å². The molecule has 0 aliphatic rings. The minimum absolute atomic E-state index is 0.0892. The molecule has 0 aliphatic carbocycles. The average molecular weight is 236 g/mol. The van der Waals surface area contributed by atoms with Crippen molar-refractivity contribution in [3.63, 3.8) is 0 Å². The van der Waals surface area contributed by atoms with Crippen molar-refractivity contribution in [2.45, 2.75) is 6.42 Å². The predicted molar refractivity (Wildman–Crippen MR) is 47.7 cm³/mol. The Bertz CT molecular complexity index is 254. The highest BCUT2D eigenvalue weighted by Crippen LogP contribution is 2.17. The fraction of sp³-hybridized carbons (Fsp3) is 0.286. The van der Waals surface area contributed by atoms with Crippen molar-refractivity contribution in [2.75, 3.05) is 6.61 Å². The van der Waals surface area contributed by atoms with E-state index < -0.39 is 0 Å². The van der Waals surface area contributed by atoms with E-state index in [0.29, 0.717) is 11.6 Å². The minimum Gasteiger partial charge on any atom is -0.396 e. The van der Waals surface area contributed by atoms with Gasteiger partial charge in [-0.3, -0.25) is 0 Å². The zero-order valence-electron chi connectivity index (χ0n) is 5.72. The van der Waals surface area contributed by atoms with E-state index in [2.05, 4.69) is 20.9 Å². The van der Waals surface area contributed by atoms with E-state index in [1.165, 1.54) is 0 Å². The highest BCUT2D eigenvalue weighted by molar-refractivity contribution is 9.10. The molecule has 0 aliphatic heterocycles. The first-order valence-corrected chi connectivity index (χ1v) is 4.33. The summed E-state index contributed by atoms with van der Waals surface area (Å²) in [5.74, 6) is 0. The Morgan fingerprint density at radius 1 is 1.55 bits per heavy atom. The van der Waals surface area contributed by atoms with Crippen LogP contribution in [0.3, 0.4) is 0 Å². The molecular weight excluding hydrogens is 229 g/mol. The molecule has 1 aromatic rings. The lowest BCUT2D eigenvalue weighted by molar-refractivity contribution is 0.298. The maximum Gasteiger partial charge on any atom is 0.129 e. The highest BCUT2D eigenvalue weighted by atomic mass is 79.9. The maximum atomic E-state index is 8.63. The fourth-order valence-electron chi connectivity index (χ4n) is 0.739. The molecule has 0 unspecified atom stereocenters. The van der Waals surface area contributed by atoms with Crippen LogP contribution in [0, 0.1) is 0 Å². The molecule has 0 atom stereocenters. The third-order valence-electron chi connectivity index (χ3n) is 1.23. The second-order valence-electron chi connectivity index (χ2n) is 2.04. The van der Waals surface area contributed by atoms with Crippen molar-refractivity contribution >= 4 is 27.5 Å². The van der Waals surface area contributed by atoms with Crippen molar-refractivity contribution < 1.29 is 5.11 Å². The quantitative estimate of drug-likeness (QED) is 0.797. The van der Waals surface area contributed by atoms with E-state index in [-0.39, 0.29) is 6.61 Å². The van der Waals surface area contributed by atoms with E-state index in [4.69, 9.17) is 16.7 Å². The normalized spacial score (nSPS) is 10.1. The molecule has 2 nitrogen and oxygen atoms in total. The number of aliphatic hydroxyl groups excluding tert-OH is 1. The van der Waals surface area contributed by atoms with E-state index in [0.717, 1.165) is 10.2 Å². The number of hydrogen-bond donors (Lipinski definition) is 1. The molecule has 4 heteroatoms. The predicted octanol–water partition coefficient (Wildman–Crippen LogP) is 2.03. The summed E-state index contributed by atoms with van der Waals surface area (Å²) >= 11 is 8.94. The molecule has 60 valence electrons. The number of nitrogens with zero attached hydrogens (tertiary/aromatic N) is 1. The van der Waals surface area contributed by atoms with Gasteiger partial charge in [0.15, 0.2) is 0 Å². The molecule has 1 heterocycles. The van der Waals surface area contributed by atoms with Crippen LogP contribution < -0.4 is 0 Å². The second kappa shape index (κ2) is 4.04. The first-order chi connectivity index (χ1) is 5.24. The summed E-state index contributed by atoms with van der Waals surface area (Å²) in [5, 5.41) is 9.09. The standard InChI is InChI=1S/C7H7BrClNO/c8-5-1-2-7(9)10-6(5)3-4-11/h1-2,11H,3-4H2. The first kappa shape index (κ1) is 8.97. The molecule has 1 aromatic heterocycles. The molecule has 0 fully saturated rings. The summed E-state index contributed by atoms with van der Waals surface area (Å²) in [5.41, 5.74) is 0.792. The van der Waals surface area contributed by atoms with E-state index in [1.807, 2.05) is 6.07 Å². The molecule has 0 saturated carbocycles. The van der Waals surface area contributed by atoms with Gasteiger partial charge in [-0.1, -0.05) is 11.6 Å². The van der Waals surface area contributed by atoms with Crippen LogP contribution in [0.25, 0.3) is 0 Å². The molecule has 0 amide bonds. The molecule has 0 bridgehead atoms. The lowest BCUT2D eigenvalue weighted by atomic mass is 10.3. The zero-order valence-corrected chi connectivity index (χ0v) is 8.06. The monoisotopic (exact) mass is 235 g/mol. The first-order valence-electron chi connectivity index (χ1n) is 3.16. The molecule has 1 rings (SSSR count). The zero-order chi connectivity index (χ0) is 8.27. The smallest absolute Gasteiger partial charge is 0.129 e. The van der Waals surface area contributed by atoms with Crippen LogP contribution in [-0.2, 0) is 6.42 Å². The molecule has 0 spiro atoms. The van der Waals surface area contributed by atoms with Crippen molar-refractivity contribution in [3.8, 4) is 0 Å². The molecule has 0 saturated heterocycles. The lowest BCUT2D eigenvalue weighted by Crippen LogP contribution is -1.95. The van der Waals surface area contributed by atoms with Gasteiger partial charge in [0.05, 0.1) is 5.69 Å². The molecule has 11 heavy (non-hydrogen) atoms. The molecule has 0 radical (unpaired) electrons. The van der Waals surface area contributed by atoms with Gasteiger partial charge < -0.3 is 5.11 Å². The Morgan fingerprint density at radius 3 is 2.91 bits per heavy atom. The van der Waals surface area contributed by atoms with Crippen LogP contribution in [0.5, 0.6) is 0 Å². The highest BCUT2D eigenvalue weighted by Gasteiger charge is 2.00. The molecule has 0 aromatic carbocycles. The van der Waals surface area contributed by atoms with Gasteiger partial charge in [0.2, 0.25) is 0 Å². The third-order valence-corrected chi connectivity index (χ3v) is 2.17. The van der Waals surface area contributed by atoms with Gasteiger partial charge in [-0.05, 0) is 28.1 Å². The minimum atomic E-state index is 0.0892. The van der Waals surface area contributed by atoms with Gasteiger partial charge in [0.1, 0.15) is 5.15 Å². The Morgan fingerprint density at radius 2 is 2.27 bits per heavy atom. The van der Waals surface area contributed by atoms with E-state index in [1.54, 1.807) is 6.07 Å². The number of aliphatic hydroxyl groups is 1. The summed E-state index contributed by atoms with van der Waals surface area (Å²) in [7, 11) is 0. The second-order valence-corrected chi connectivity index (χ2v) is 3.28. The van der Waals surface area contributed by atoms with Gasteiger partial charge in [-0.2, -0.15) is 0 Å². The SMILES string of the molecule is OCCc1nc(Cl)ccc1Br. The van der Waals surface area contributed by atoms with Crippen LogP contribution in [0.4, 0.5) is 0 Å². The summed E-state index contributed by atoms with van der Waals surface area (Å²) < 4.78 is 0.885. The number of pyridine rings is 1. The Balaban J connectivity index is 2.93. The number of hydrogen-bond acceptors (Lipinski definition) is 2. The van der Waals surface area contributed by atoms with Crippen LogP contribution in [0.1, 0.15) is 5.69 Å². The van der Waals surface area contributed by atoms with E-state index >= 15 is 0 Å². The van der Waals surface area contributed by atoms with Crippen LogP contribution in [0.15, 0.2) is 16.6 Å². The summed E-state index contributed by atoms with van der Waals surface area (Å²) in [4.78, 5) is 4.02. The molecule has 1 N–H and O–H groups in total. The third kappa shape index (κ3) is 2.43. The Hall–Kier alpha value is -0.120. The van der Waals surface area contributed by atoms with Crippen molar-refractivity contribution in [1.29, 1.82) is 0 Å².